The van der Waals surface area contributed by atoms with Gasteiger partial charge in [-0.25, -0.2) is 4.79 Å². The first-order valence-corrected chi connectivity index (χ1v) is 10.4. The average molecular weight is 401 g/mol. The van der Waals surface area contributed by atoms with E-state index >= 15 is 0 Å². The summed E-state index contributed by atoms with van der Waals surface area (Å²) in [6, 6.07) is 7.45. The highest BCUT2D eigenvalue weighted by molar-refractivity contribution is 7.10. The second-order valence-corrected chi connectivity index (χ2v) is 8.07. The molecular formula is C21H23NO5S. The van der Waals surface area contributed by atoms with Crippen LogP contribution in [0, 0.1) is 0 Å². The van der Waals surface area contributed by atoms with Gasteiger partial charge in [0.2, 0.25) is 0 Å². The summed E-state index contributed by atoms with van der Waals surface area (Å²) < 4.78 is 16.8. The minimum atomic E-state index is -0.410. The number of hydrogen-bond donors (Lipinski definition) is 0. The number of ether oxygens (including phenoxy) is 3. The van der Waals surface area contributed by atoms with Crippen molar-refractivity contribution in [3.05, 3.63) is 45.6 Å². The Morgan fingerprint density at radius 1 is 1.21 bits per heavy atom. The van der Waals surface area contributed by atoms with Crippen molar-refractivity contribution in [2.75, 3.05) is 26.8 Å². The molecule has 1 amide bonds. The number of thiophene rings is 1. The van der Waals surface area contributed by atoms with E-state index in [0.29, 0.717) is 30.2 Å². The van der Waals surface area contributed by atoms with Gasteiger partial charge in [-0.3, -0.25) is 4.79 Å². The number of nitrogens with zero attached hydrogens (tertiary/aromatic N) is 1. The van der Waals surface area contributed by atoms with Crippen LogP contribution >= 0.6 is 11.3 Å². The molecule has 148 valence electrons. The first kappa shape index (κ1) is 18.8. The maximum Gasteiger partial charge on any atom is 0.339 e. The number of likely N-dealkylation sites (N-methyl/N-ethyl adjacent to an activating group) is 1. The van der Waals surface area contributed by atoms with Crippen molar-refractivity contribution >= 4 is 23.2 Å². The largest absolute Gasteiger partial charge is 0.486 e. The lowest BCUT2D eigenvalue weighted by atomic mass is 9.96. The van der Waals surface area contributed by atoms with Crippen LogP contribution in [0.2, 0.25) is 0 Å². The first-order chi connectivity index (χ1) is 13.6. The van der Waals surface area contributed by atoms with E-state index in [9.17, 15) is 9.59 Å². The molecule has 0 spiro atoms. The van der Waals surface area contributed by atoms with Crippen molar-refractivity contribution in [2.24, 2.45) is 0 Å². The normalized spacial score (nSPS) is 17.5. The van der Waals surface area contributed by atoms with Crippen LogP contribution in [0.5, 0.6) is 11.5 Å². The summed E-state index contributed by atoms with van der Waals surface area (Å²) >= 11 is 1.61. The van der Waals surface area contributed by atoms with Crippen molar-refractivity contribution < 1.29 is 23.8 Å². The third kappa shape index (κ3) is 3.99. The van der Waals surface area contributed by atoms with Crippen LogP contribution in [0.25, 0.3) is 0 Å². The van der Waals surface area contributed by atoms with E-state index in [2.05, 4.69) is 0 Å². The summed E-state index contributed by atoms with van der Waals surface area (Å²) in [5.74, 6) is 0.709. The molecule has 0 saturated carbocycles. The predicted molar refractivity (Wildman–Crippen MR) is 105 cm³/mol. The first-order valence-electron chi connectivity index (χ1n) is 9.50. The lowest BCUT2D eigenvalue weighted by molar-refractivity contribution is -0.134. The van der Waals surface area contributed by atoms with E-state index in [1.54, 1.807) is 18.4 Å². The van der Waals surface area contributed by atoms with Crippen LogP contribution < -0.4 is 9.47 Å². The number of rotatable bonds is 5. The van der Waals surface area contributed by atoms with Gasteiger partial charge in [0, 0.05) is 17.3 Å². The molecule has 1 atom stereocenters. The third-order valence-electron chi connectivity index (χ3n) is 5.08. The third-order valence-corrected chi connectivity index (χ3v) is 6.17. The molecule has 0 saturated heterocycles. The lowest BCUT2D eigenvalue weighted by Crippen LogP contribution is -2.43. The van der Waals surface area contributed by atoms with Crippen molar-refractivity contribution in [3.63, 3.8) is 0 Å². The summed E-state index contributed by atoms with van der Waals surface area (Å²) in [5.41, 5.74) is 1.73. The number of amides is 1. The fraction of sp³-hybridized carbons (Fsp3) is 0.429. The summed E-state index contributed by atoms with van der Waals surface area (Å²) in [5, 5.41) is 1.86. The number of esters is 1. The van der Waals surface area contributed by atoms with Gasteiger partial charge < -0.3 is 19.1 Å². The predicted octanol–water partition coefficient (Wildman–Crippen LogP) is 3.08. The van der Waals surface area contributed by atoms with E-state index in [1.165, 1.54) is 16.2 Å². The number of hydrogen-bond acceptors (Lipinski definition) is 6. The van der Waals surface area contributed by atoms with Crippen LogP contribution in [0.1, 0.15) is 33.6 Å². The van der Waals surface area contributed by atoms with Crippen molar-refractivity contribution in [1.82, 2.24) is 4.90 Å². The van der Waals surface area contributed by atoms with Crippen LogP contribution in [-0.4, -0.2) is 49.7 Å². The highest BCUT2D eigenvalue weighted by Gasteiger charge is 2.25. The fourth-order valence-corrected chi connectivity index (χ4v) is 4.66. The van der Waals surface area contributed by atoms with Gasteiger partial charge in [-0.2, -0.15) is 0 Å². The summed E-state index contributed by atoms with van der Waals surface area (Å²) in [6.07, 6.45) is 3.95. The Morgan fingerprint density at radius 3 is 2.86 bits per heavy atom. The Balaban J connectivity index is 1.28. The number of aryl methyl sites for hydroxylation is 1. The van der Waals surface area contributed by atoms with E-state index in [1.807, 2.05) is 29.6 Å². The van der Waals surface area contributed by atoms with Crippen molar-refractivity contribution in [2.45, 2.75) is 31.8 Å². The number of benzene rings is 1. The zero-order valence-electron chi connectivity index (χ0n) is 15.8. The van der Waals surface area contributed by atoms with Crippen molar-refractivity contribution in [1.29, 1.82) is 0 Å². The molecule has 1 unspecified atom stereocenters. The van der Waals surface area contributed by atoms with E-state index in [4.69, 9.17) is 14.2 Å². The Labute approximate surface area is 168 Å². The molecule has 6 nitrogen and oxygen atoms in total. The minimum absolute atomic E-state index is 0.261. The molecule has 1 aliphatic carbocycles. The molecule has 0 radical (unpaired) electrons. The van der Waals surface area contributed by atoms with Crippen LogP contribution in [0.4, 0.5) is 0 Å². The van der Waals surface area contributed by atoms with Gasteiger partial charge in [0.15, 0.2) is 24.2 Å². The van der Waals surface area contributed by atoms with Gasteiger partial charge in [-0.05, 0) is 43.4 Å². The Kier molecular flexibility index (Phi) is 5.52. The highest BCUT2D eigenvalue weighted by atomic mass is 32.1. The van der Waals surface area contributed by atoms with E-state index in [-0.39, 0.29) is 18.6 Å². The van der Waals surface area contributed by atoms with Gasteiger partial charge in [-0.1, -0.05) is 12.1 Å². The molecule has 0 bridgehead atoms. The number of fused-ring (bicyclic) bond motifs is 2. The van der Waals surface area contributed by atoms with Gasteiger partial charge in [0.1, 0.15) is 6.61 Å². The second-order valence-electron chi connectivity index (χ2n) is 7.11. The smallest absolute Gasteiger partial charge is 0.339 e. The van der Waals surface area contributed by atoms with Gasteiger partial charge in [0.25, 0.3) is 5.91 Å². The number of carbonyl (C=O) groups is 2. The zero-order chi connectivity index (χ0) is 19.5. The zero-order valence-corrected chi connectivity index (χ0v) is 16.6. The fourth-order valence-electron chi connectivity index (χ4n) is 3.54. The standard InChI is InChI=1S/C21H23NO5S/c1-22(10-14-11-25-17-7-3-4-8-18(17)27-14)20(23)12-26-21(24)16-13-28-19-9-5-2-6-15(16)19/h3-4,7-8,13-14H,2,5-6,9-12H2,1H3. The summed E-state index contributed by atoms with van der Waals surface area (Å²) in [4.78, 5) is 27.6. The van der Waals surface area contributed by atoms with Crippen LogP contribution in [0.3, 0.4) is 0 Å². The SMILES string of the molecule is CN(CC1COc2ccccc2O1)C(=O)COC(=O)c1csc2c1CCCC2. The Morgan fingerprint density at radius 2 is 2.00 bits per heavy atom. The molecule has 7 heteroatoms. The quantitative estimate of drug-likeness (QED) is 0.721. The maximum atomic E-state index is 12.4. The van der Waals surface area contributed by atoms with Crippen LogP contribution in [-0.2, 0) is 22.4 Å². The molecule has 1 aromatic heterocycles. The Bertz CT molecular complexity index is 877. The molecule has 2 aliphatic rings. The highest BCUT2D eigenvalue weighted by Crippen LogP contribution is 2.31. The second kappa shape index (κ2) is 8.22. The molecule has 28 heavy (non-hydrogen) atoms. The van der Waals surface area contributed by atoms with Crippen molar-refractivity contribution in [3.8, 4) is 11.5 Å². The lowest BCUT2D eigenvalue weighted by Gasteiger charge is -2.29. The van der Waals surface area contributed by atoms with Gasteiger partial charge in [-0.15, -0.1) is 11.3 Å². The van der Waals surface area contributed by atoms with Crippen LogP contribution in [0.15, 0.2) is 29.6 Å². The average Bonchev–Trinajstić information content (AvgIpc) is 3.16. The van der Waals surface area contributed by atoms with Gasteiger partial charge >= 0.3 is 5.97 Å². The monoisotopic (exact) mass is 401 g/mol. The topological polar surface area (TPSA) is 65.1 Å². The maximum absolute atomic E-state index is 12.4. The number of para-hydroxylation sites is 2. The molecule has 0 fully saturated rings. The summed E-state index contributed by atoms with van der Waals surface area (Å²) in [6.45, 7) is 0.456. The Hall–Kier alpha value is -2.54. The molecule has 0 N–H and O–H groups in total. The molecule has 4 rings (SSSR count). The number of carbonyl (C=O) groups excluding carboxylic acids is 2. The van der Waals surface area contributed by atoms with E-state index < -0.39 is 5.97 Å². The summed E-state index contributed by atoms with van der Waals surface area (Å²) in [7, 11) is 1.67. The molecular weight excluding hydrogens is 378 g/mol. The van der Waals surface area contributed by atoms with E-state index in [0.717, 1.165) is 24.8 Å². The molecule has 1 aromatic carbocycles. The van der Waals surface area contributed by atoms with Gasteiger partial charge in [0.05, 0.1) is 12.1 Å². The molecule has 2 heterocycles. The molecule has 2 aromatic rings. The molecule has 1 aliphatic heterocycles. The minimum Gasteiger partial charge on any atom is -0.486 e.